The van der Waals surface area contributed by atoms with E-state index in [1.165, 1.54) is 0 Å². The summed E-state index contributed by atoms with van der Waals surface area (Å²) < 4.78 is 1.79. The molecule has 4 nitrogen and oxygen atoms in total. The molecular weight excluding hydrogens is 377 g/mol. The number of thioether (sulfide) groups is 1. The zero-order chi connectivity index (χ0) is 18.3. The summed E-state index contributed by atoms with van der Waals surface area (Å²) in [7, 11) is 0. The van der Waals surface area contributed by atoms with Crippen molar-refractivity contribution in [3.63, 3.8) is 0 Å². The number of aromatic nitrogens is 3. The predicted molar refractivity (Wildman–Crippen MR) is 103 cm³/mol. The minimum Gasteiger partial charge on any atom is -0.294 e. The molecule has 0 aliphatic heterocycles. The zero-order valence-corrected chi connectivity index (χ0v) is 16.7. The van der Waals surface area contributed by atoms with Crippen LogP contribution in [0, 0.1) is 20.8 Å². The Bertz CT molecular complexity index is 998. The Morgan fingerprint density at radius 2 is 1.88 bits per heavy atom. The number of halogens is 2. The highest BCUT2D eigenvalue weighted by Gasteiger charge is 2.16. The summed E-state index contributed by atoms with van der Waals surface area (Å²) in [6, 6.07) is 3.71. The van der Waals surface area contributed by atoms with Crippen LogP contribution in [0.1, 0.15) is 39.5 Å². The fourth-order valence-corrected chi connectivity index (χ4v) is 4.73. The fraction of sp³-hybridized carbons (Fsp3) is 0.278. The quantitative estimate of drug-likeness (QED) is 0.436. The van der Waals surface area contributed by atoms with Gasteiger partial charge in [-0.1, -0.05) is 41.0 Å². The molecular formula is C18H17Cl2N3OS. The third kappa shape index (κ3) is 3.41. The van der Waals surface area contributed by atoms with Crippen LogP contribution in [0.25, 0.3) is 5.65 Å². The molecule has 0 saturated carbocycles. The highest BCUT2D eigenvalue weighted by Crippen LogP contribution is 2.31. The van der Waals surface area contributed by atoms with E-state index in [-0.39, 0.29) is 5.78 Å². The van der Waals surface area contributed by atoms with Gasteiger partial charge in [-0.25, -0.2) is 0 Å². The number of ketones is 1. The normalized spacial score (nSPS) is 11.3. The lowest BCUT2D eigenvalue weighted by Gasteiger charge is -2.15. The first-order valence-electron chi connectivity index (χ1n) is 7.72. The summed E-state index contributed by atoms with van der Waals surface area (Å²) in [5.41, 5.74) is 5.74. The molecule has 0 spiro atoms. The van der Waals surface area contributed by atoms with E-state index in [2.05, 4.69) is 23.2 Å². The Balaban J connectivity index is 1.98. The maximum Gasteiger partial charge on any atom is 0.196 e. The van der Waals surface area contributed by atoms with Gasteiger partial charge in [0.15, 0.2) is 16.6 Å². The predicted octanol–water partition coefficient (Wildman–Crippen LogP) is 5.46. The summed E-state index contributed by atoms with van der Waals surface area (Å²) in [5.74, 6) is 0.774. The molecule has 0 N–H and O–H groups in total. The van der Waals surface area contributed by atoms with Gasteiger partial charge in [0.25, 0.3) is 0 Å². The molecule has 0 unspecified atom stereocenters. The average Bonchev–Trinajstić information content (AvgIpc) is 2.89. The van der Waals surface area contributed by atoms with Gasteiger partial charge in [0.2, 0.25) is 0 Å². The minimum atomic E-state index is 0.0905. The molecule has 25 heavy (non-hydrogen) atoms. The molecule has 1 aromatic carbocycles. The van der Waals surface area contributed by atoms with Gasteiger partial charge in [0, 0.05) is 17.5 Å². The van der Waals surface area contributed by atoms with E-state index < -0.39 is 0 Å². The average molecular weight is 394 g/mol. The first-order chi connectivity index (χ1) is 11.8. The maximum atomic E-state index is 12.0. The molecule has 130 valence electrons. The largest absolute Gasteiger partial charge is 0.294 e. The highest BCUT2D eigenvalue weighted by molar-refractivity contribution is 7.98. The van der Waals surface area contributed by atoms with Crippen LogP contribution in [0.5, 0.6) is 0 Å². The molecule has 0 fully saturated rings. The van der Waals surface area contributed by atoms with Crippen molar-refractivity contribution in [1.82, 2.24) is 14.6 Å². The van der Waals surface area contributed by atoms with Gasteiger partial charge in [0.05, 0.1) is 10.0 Å². The lowest BCUT2D eigenvalue weighted by atomic mass is 9.92. The van der Waals surface area contributed by atoms with Crippen LogP contribution in [-0.2, 0) is 5.75 Å². The Morgan fingerprint density at radius 3 is 2.56 bits per heavy atom. The number of aryl methyl sites for hydroxylation is 2. The van der Waals surface area contributed by atoms with Gasteiger partial charge in [0.1, 0.15) is 0 Å². The zero-order valence-electron chi connectivity index (χ0n) is 14.4. The van der Waals surface area contributed by atoms with Gasteiger partial charge < -0.3 is 0 Å². The standard InChI is InChI=1S/C18H17Cl2N3OS/c1-9-5-10(2)16(12(4)24)11(3)14(9)8-25-18-22-21-17-15(20)6-13(19)7-23(17)18/h5-7H,8H2,1-4H3. The Morgan fingerprint density at radius 1 is 1.16 bits per heavy atom. The Labute approximate surface area is 160 Å². The summed E-state index contributed by atoms with van der Waals surface area (Å²) in [5, 5.41) is 10.0. The van der Waals surface area contributed by atoms with Crippen molar-refractivity contribution in [2.45, 2.75) is 38.6 Å². The maximum absolute atomic E-state index is 12.0. The van der Waals surface area contributed by atoms with Gasteiger partial charge >= 0.3 is 0 Å². The van der Waals surface area contributed by atoms with E-state index in [1.54, 1.807) is 35.3 Å². The van der Waals surface area contributed by atoms with E-state index >= 15 is 0 Å². The van der Waals surface area contributed by atoms with Crippen molar-refractivity contribution in [1.29, 1.82) is 0 Å². The van der Waals surface area contributed by atoms with E-state index in [0.717, 1.165) is 27.8 Å². The number of benzene rings is 1. The molecule has 0 amide bonds. The number of pyridine rings is 1. The van der Waals surface area contributed by atoms with Crippen molar-refractivity contribution in [2.24, 2.45) is 0 Å². The number of carbonyl (C=O) groups excluding carboxylic acids is 1. The highest BCUT2D eigenvalue weighted by atomic mass is 35.5. The van der Waals surface area contributed by atoms with Crippen molar-refractivity contribution < 1.29 is 4.79 Å². The number of hydrogen-bond donors (Lipinski definition) is 0. The Kier molecular flexibility index (Phi) is 5.09. The molecule has 3 aromatic rings. The monoisotopic (exact) mass is 393 g/mol. The number of rotatable bonds is 4. The summed E-state index contributed by atoms with van der Waals surface area (Å²) in [6.07, 6.45) is 1.75. The summed E-state index contributed by atoms with van der Waals surface area (Å²) >= 11 is 13.8. The summed E-state index contributed by atoms with van der Waals surface area (Å²) in [6.45, 7) is 7.65. The topological polar surface area (TPSA) is 47.3 Å². The fourth-order valence-electron chi connectivity index (χ4n) is 3.13. The molecule has 2 heterocycles. The molecule has 0 aliphatic carbocycles. The number of hydrogen-bond acceptors (Lipinski definition) is 4. The second kappa shape index (κ2) is 6.98. The van der Waals surface area contributed by atoms with E-state index in [9.17, 15) is 4.79 Å². The van der Waals surface area contributed by atoms with Crippen LogP contribution in [-0.4, -0.2) is 20.4 Å². The van der Waals surface area contributed by atoms with Crippen LogP contribution < -0.4 is 0 Å². The van der Waals surface area contributed by atoms with E-state index in [0.29, 0.717) is 26.6 Å². The number of fused-ring (bicyclic) bond motifs is 1. The molecule has 0 atom stereocenters. The first kappa shape index (κ1) is 18.2. The number of carbonyl (C=O) groups is 1. The second-order valence-corrected chi connectivity index (χ2v) is 7.80. The van der Waals surface area contributed by atoms with Crippen LogP contribution >= 0.6 is 35.0 Å². The number of nitrogens with zero attached hydrogens (tertiary/aromatic N) is 3. The van der Waals surface area contributed by atoms with Gasteiger partial charge in [-0.3, -0.25) is 9.20 Å². The minimum absolute atomic E-state index is 0.0905. The third-order valence-electron chi connectivity index (χ3n) is 4.22. The molecule has 0 saturated heterocycles. The third-order valence-corrected chi connectivity index (χ3v) is 5.68. The van der Waals surface area contributed by atoms with Gasteiger partial charge in [-0.2, -0.15) is 0 Å². The molecule has 0 bridgehead atoms. The molecule has 0 radical (unpaired) electrons. The van der Waals surface area contributed by atoms with E-state index in [1.807, 2.05) is 13.8 Å². The van der Waals surface area contributed by atoms with Crippen LogP contribution in [0.3, 0.4) is 0 Å². The molecule has 2 aromatic heterocycles. The van der Waals surface area contributed by atoms with Crippen LogP contribution in [0.15, 0.2) is 23.5 Å². The first-order valence-corrected chi connectivity index (χ1v) is 9.47. The smallest absolute Gasteiger partial charge is 0.196 e. The van der Waals surface area contributed by atoms with Gasteiger partial charge in [-0.15, -0.1) is 10.2 Å². The van der Waals surface area contributed by atoms with E-state index in [4.69, 9.17) is 23.2 Å². The van der Waals surface area contributed by atoms with Crippen LogP contribution in [0.4, 0.5) is 0 Å². The molecule has 3 rings (SSSR count). The lowest BCUT2D eigenvalue weighted by Crippen LogP contribution is -2.05. The van der Waals surface area contributed by atoms with Crippen LogP contribution in [0.2, 0.25) is 10.0 Å². The SMILES string of the molecule is CC(=O)c1c(C)cc(C)c(CSc2nnc3c(Cl)cc(Cl)cn23)c1C. The van der Waals surface area contributed by atoms with Crippen molar-refractivity contribution in [3.05, 3.63) is 56.2 Å². The van der Waals surface area contributed by atoms with Crippen molar-refractivity contribution in [2.75, 3.05) is 0 Å². The molecule has 7 heteroatoms. The lowest BCUT2D eigenvalue weighted by molar-refractivity contribution is 0.101. The van der Waals surface area contributed by atoms with Crippen molar-refractivity contribution in [3.8, 4) is 0 Å². The van der Waals surface area contributed by atoms with Crippen molar-refractivity contribution >= 4 is 46.4 Å². The molecule has 0 aliphatic rings. The number of Topliss-reactive ketones (excluding diaryl/α,β-unsaturated/α-hetero) is 1. The summed E-state index contributed by atoms with van der Waals surface area (Å²) in [4.78, 5) is 12.0. The Hall–Kier alpha value is -1.56. The second-order valence-electron chi connectivity index (χ2n) is 6.02. The van der Waals surface area contributed by atoms with Gasteiger partial charge in [-0.05, 0) is 56.0 Å².